The number of fused-ring (bicyclic) bond motifs is 1. The van der Waals surface area contributed by atoms with Crippen molar-refractivity contribution in [1.29, 1.82) is 0 Å². The fourth-order valence-electron chi connectivity index (χ4n) is 4.44. The van der Waals surface area contributed by atoms with E-state index < -0.39 is 5.91 Å². The lowest BCUT2D eigenvalue weighted by Crippen LogP contribution is -2.33. The predicted octanol–water partition coefficient (Wildman–Crippen LogP) is 2.63. The summed E-state index contributed by atoms with van der Waals surface area (Å²) < 4.78 is 0. The summed E-state index contributed by atoms with van der Waals surface area (Å²) in [6.45, 7) is 3.43. The molecule has 0 aromatic heterocycles. The van der Waals surface area contributed by atoms with E-state index in [1.807, 2.05) is 23.1 Å². The number of primary amides is 1. The van der Waals surface area contributed by atoms with Crippen LogP contribution in [0, 0.1) is 5.92 Å². The number of hydrogen-bond acceptors (Lipinski definition) is 3. The first-order valence-electron chi connectivity index (χ1n) is 10.1. The van der Waals surface area contributed by atoms with Crippen LogP contribution >= 0.6 is 0 Å². The summed E-state index contributed by atoms with van der Waals surface area (Å²) in [5, 5.41) is 0. The van der Waals surface area contributed by atoms with Crippen LogP contribution in [0.1, 0.15) is 34.3 Å². The molecule has 1 fully saturated rings. The number of carbonyl (C=O) groups excluding carboxylic acids is 2. The Balaban J connectivity index is 1.28. The predicted molar refractivity (Wildman–Crippen MR) is 110 cm³/mol. The third kappa shape index (κ3) is 4.03. The van der Waals surface area contributed by atoms with Gasteiger partial charge in [0.25, 0.3) is 0 Å². The van der Waals surface area contributed by atoms with Gasteiger partial charge in [0.05, 0.1) is 0 Å². The second-order valence-corrected chi connectivity index (χ2v) is 7.88. The van der Waals surface area contributed by atoms with Crippen LogP contribution in [-0.2, 0) is 17.6 Å². The molecule has 28 heavy (non-hydrogen) atoms. The average molecular weight is 377 g/mol. The fourth-order valence-corrected chi connectivity index (χ4v) is 4.44. The Kier molecular flexibility index (Phi) is 5.33. The Morgan fingerprint density at radius 1 is 1.07 bits per heavy atom. The lowest BCUT2D eigenvalue weighted by Gasteiger charge is -2.22. The summed E-state index contributed by atoms with van der Waals surface area (Å²) in [6, 6.07) is 16.0. The third-order valence-corrected chi connectivity index (χ3v) is 5.95. The summed E-state index contributed by atoms with van der Waals surface area (Å²) in [5.41, 5.74) is 9.70. The van der Waals surface area contributed by atoms with Gasteiger partial charge in [0.15, 0.2) is 0 Å². The quantitative estimate of drug-likeness (QED) is 0.842. The average Bonchev–Trinajstić information content (AvgIpc) is 3.33. The molecular weight excluding hydrogens is 350 g/mol. The standard InChI is InChI=1S/C23H27N3O2/c24-23(28)20-6-3-4-17(15-20)14-18-8-11-26(16-18)22(27)10-13-25-12-9-19-5-1-2-7-21(19)25/h1-7,15,18H,8-14,16H2,(H2,24,28)/t18-/m0/s1. The van der Waals surface area contributed by atoms with E-state index in [-0.39, 0.29) is 5.91 Å². The molecule has 5 nitrogen and oxygen atoms in total. The van der Waals surface area contributed by atoms with E-state index in [0.717, 1.165) is 51.0 Å². The molecule has 2 aliphatic rings. The number of rotatable bonds is 6. The molecule has 0 unspecified atom stereocenters. The number of likely N-dealkylation sites (tertiary alicyclic amines) is 1. The Labute approximate surface area is 166 Å². The lowest BCUT2D eigenvalue weighted by atomic mass is 9.97. The Morgan fingerprint density at radius 2 is 1.93 bits per heavy atom. The Bertz CT molecular complexity index is 880. The van der Waals surface area contributed by atoms with Crippen molar-refractivity contribution in [3.8, 4) is 0 Å². The van der Waals surface area contributed by atoms with Crippen LogP contribution in [0.2, 0.25) is 0 Å². The first-order chi connectivity index (χ1) is 13.6. The number of benzene rings is 2. The molecule has 2 aromatic rings. The highest BCUT2D eigenvalue weighted by Gasteiger charge is 2.27. The van der Waals surface area contributed by atoms with E-state index >= 15 is 0 Å². The van der Waals surface area contributed by atoms with E-state index in [1.165, 1.54) is 11.3 Å². The van der Waals surface area contributed by atoms with Gasteiger partial charge in [-0.05, 0) is 54.5 Å². The number of nitrogens with two attached hydrogens (primary N) is 1. The van der Waals surface area contributed by atoms with Crippen LogP contribution in [0.25, 0.3) is 0 Å². The van der Waals surface area contributed by atoms with Crippen molar-refractivity contribution >= 4 is 17.5 Å². The second kappa shape index (κ2) is 8.05. The van der Waals surface area contributed by atoms with Crippen LogP contribution < -0.4 is 10.6 Å². The number of carbonyl (C=O) groups is 2. The monoisotopic (exact) mass is 377 g/mol. The minimum atomic E-state index is -0.395. The molecule has 0 aliphatic carbocycles. The molecule has 5 heteroatoms. The molecule has 146 valence electrons. The molecular formula is C23H27N3O2. The maximum absolute atomic E-state index is 12.7. The van der Waals surface area contributed by atoms with Gasteiger partial charge in [0.2, 0.25) is 11.8 Å². The summed E-state index contributed by atoms with van der Waals surface area (Å²) in [6.07, 6.45) is 3.53. The van der Waals surface area contributed by atoms with Gasteiger partial charge in [-0.25, -0.2) is 0 Å². The second-order valence-electron chi connectivity index (χ2n) is 7.88. The van der Waals surface area contributed by atoms with Crippen LogP contribution in [0.3, 0.4) is 0 Å². The topological polar surface area (TPSA) is 66.6 Å². The zero-order valence-electron chi connectivity index (χ0n) is 16.1. The van der Waals surface area contributed by atoms with E-state index in [2.05, 4.69) is 29.2 Å². The van der Waals surface area contributed by atoms with Crippen molar-refractivity contribution in [2.45, 2.75) is 25.7 Å². The van der Waals surface area contributed by atoms with Gasteiger partial charge in [0, 0.05) is 43.9 Å². The zero-order valence-corrected chi connectivity index (χ0v) is 16.1. The minimum absolute atomic E-state index is 0.248. The third-order valence-electron chi connectivity index (χ3n) is 5.95. The SMILES string of the molecule is NC(=O)c1cccc(C[C@@H]2CCN(C(=O)CCN3CCc4ccccc43)C2)c1. The van der Waals surface area contributed by atoms with Crippen molar-refractivity contribution in [3.63, 3.8) is 0 Å². The molecule has 0 saturated carbocycles. The summed E-state index contributed by atoms with van der Waals surface area (Å²) in [4.78, 5) is 28.4. The Morgan fingerprint density at radius 3 is 2.79 bits per heavy atom. The van der Waals surface area contributed by atoms with Crippen LogP contribution in [-0.4, -0.2) is 42.9 Å². The van der Waals surface area contributed by atoms with E-state index in [4.69, 9.17) is 5.73 Å². The van der Waals surface area contributed by atoms with E-state index in [9.17, 15) is 9.59 Å². The number of anilines is 1. The van der Waals surface area contributed by atoms with Crippen molar-refractivity contribution in [2.75, 3.05) is 31.1 Å². The van der Waals surface area contributed by atoms with Crippen molar-refractivity contribution in [1.82, 2.24) is 4.90 Å². The van der Waals surface area contributed by atoms with Crippen molar-refractivity contribution < 1.29 is 9.59 Å². The molecule has 0 bridgehead atoms. The highest BCUT2D eigenvalue weighted by atomic mass is 16.2. The molecule has 2 aromatic carbocycles. The van der Waals surface area contributed by atoms with Gasteiger partial charge in [-0.3, -0.25) is 9.59 Å². The van der Waals surface area contributed by atoms with Gasteiger partial charge in [-0.1, -0.05) is 30.3 Å². The number of para-hydroxylation sites is 1. The number of amides is 2. The van der Waals surface area contributed by atoms with Gasteiger partial charge in [-0.2, -0.15) is 0 Å². The first-order valence-corrected chi connectivity index (χ1v) is 10.1. The maximum Gasteiger partial charge on any atom is 0.248 e. The largest absolute Gasteiger partial charge is 0.370 e. The fraction of sp³-hybridized carbons (Fsp3) is 0.391. The summed E-state index contributed by atoms with van der Waals surface area (Å²) in [5.74, 6) is 0.297. The molecule has 2 amide bonds. The number of nitrogens with zero attached hydrogens (tertiary/aromatic N) is 2. The highest BCUT2D eigenvalue weighted by Crippen LogP contribution is 2.28. The van der Waals surface area contributed by atoms with Gasteiger partial charge in [-0.15, -0.1) is 0 Å². The van der Waals surface area contributed by atoms with Crippen LogP contribution in [0.4, 0.5) is 5.69 Å². The van der Waals surface area contributed by atoms with Crippen molar-refractivity contribution in [3.05, 3.63) is 65.2 Å². The van der Waals surface area contributed by atoms with E-state index in [1.54, 1.807) is 6.07 Å². The molecule has 0 radical (unpaired) electrons. The molecule has 2 N–H and O–H groups in total. The van der Waals surface area contributed by atoms with Gasteiger partial charge in [0.1, 0.15) is 0 Å². The van der Waals surface area contributed by atoms with Crippen LogP contribution in [0.15, 0.2) is 48.5 Å². The molecule has 4 rings (SSSR count). The van der Waals surface area contributed by atoms with Gasteiger partial charge >= 0.3 is 0 Å². The molecule has 2 aliphatic heterocycles. The maximum atomic E-state index is 12.7. The highest BCUT2D eigenvalue weighted by molar-refractivity contribution is 5.92. The number of hydrogen-bond donors (Lipinski definition) is 1. The van der Waals surface area contributed by atoms with Gasteiger partial charge < -0.3 is 15.5 Å². The molecule has 1 atom stereocenters. The first kappa shape index (κ1) is 18.5. The molecule has 1 saturated heterocycles. The van der Waals surface area contributed by atoms with Crippen molar-refractivity contribution in [2.24, 2.45) is 11.7 Å². The lowest BCUT2D eigenvalue weighted by molar-refractivity contribution is -0.130. The summed E-state index contributed by atoms with van der Waals surface area (Å²) >= 11 is 0. The minimum Gasteiger partial charge on any atom is -0.370 e. The van der Waals surface area contributed by atoms with E-state index in [0.29, 0.717) is 17.9 Å². The van der Waals surface area contributed by atoms with Crippen LogP contribution in [0.5, 0.6) is 0 Å². The summed E-state index contributed by atoms with van der Waals surface area (Å²) in [7, 11) is 0. The zero-order chi connectivity index (χ0) is 19.5. The normalized spacial score (nSPS) is 18.4. The molecule has 0 spiro atoms. The Hall–Kier alpha value is -2.82. The smallest absolute Gasteiger partial charge is 0.248 e. The molecule has 2 heterocycles.